The highest BCUT2D eigenvalue weighted by atomic mass is 16.5. The molecule has 0 bridgehead atoms. The lowest BCUT2D eigenvalue weighted by atomic mass is 10.1. The fourth-order valence-electron chi connectivity index (χ4n) is 4.52. The second-order valence-electron chi connectivity index (χ2n) is 10.3. The van der Waals surface area contributed by atoms with Crippen LogP contribution in [0.4, 0.5) is 0 Å². The van der Waals surface area contributed by atoms with Crippen molar-refractivity contribution in [3.8, 4) is 0 Å². The van der Waals surface area contributed by atoms with Crippen LogP contribution in [0.5, 0.6) is 0 Å². The third kappa shape index (κ3) is 27.1. The number of unbranched alkanes of at least 4 members (excludes halogenated alkanes) is 16. The fraction of sp³-hybridized carbons (Fsp3) is 0.871. The van der Waals surface area contributed by atoms with Crippen LogP contribution in [0.3, 0.4) is 0 Å². The van der Waals surface area contributed by atoms with E-state index in [9.17, 15) is 9.59 Å². The number of carboxylic acids is 1. The third-order valence-corrected chi connectivity index (χ3v) is 6.72. The van der Waals surface area contributed by atoms with E-state index in [0.29, 0.717) is 12.8 Å². The van der Waals surface area contributed by atoms with Gasteiger partial charge in [0.15, 0.2) is 0 Å². The highest BCUT2D eigenvalue weighted by Crippen LogP contribution is 2.16. The van der Waals surface area contributed by atoms with Crippen LogP contribution in [0.1, 0.15) is 168 Å². The van der Waals surface area contributed by atoms with E-state index in [-0.39, 0.29) is 18.5 Å². The minimum Gasteiger partial charge on any atom is -0.481 e. The number of esters is 1. The molecule has 0 aromatic carbocycles. The van der Waals surface area contributed by atoms with Gasteiger partial charge in [-0.1, -0.05) is 109 Å². The van der Waals surface area contributed by atoms with Gasteiger partial charge in [-0.25, -0.2) is 0 Å². The summed E-state index contributed by atoms with van der Waals surface area (Å²) in [6.07, 6.45) is 31.4. The van der Waals surface area contributed by atoms with Crippen LogP contribution in [0.25, 0.3) is 0 Å². The molecule has 0 aromatic heterocycles. The molecule has 206 valence electrons. The second-order valence-corrected chi connectivity index (χ2v) is 10.3. The zero-order valence-corrected chi connectivity index (χ0v) is 23.4. The molecule has 1 N–H and O–H groups in total. The van der Waals surface area contributed by atoms with Crippen LogP contribution >= 0.6 is 0 Å². The van der Waals surface area contributed by atoms with Gasteiger partial charge in [-0.3, -0.25) is 9.59 Å². The van der Waals surface area contributed by atoms with E-state index in [1.807, 2.05) is 0 Å². The molecule has 1 atom stereocenters. The highest BCUT2D eigenvalue weighted by molar-refractivity contribution is 5.69. The lowest BCUT2D eigenvalue weighted by Gasteiger charge is -2.17. The summed E-state index contributed by atoms with van der Waals surface area (Å²) in [6.45, 7) is 4.38. The third-order valence-electron chi connectivity index (χ3n) is 6.72. The summed E-state index contributed by atoms with van der Waals surface area (Å²) < 4.78 is 5.69. The molecule has 1 unspecified atom stereocenters. The molecule has 0 rings (SSSR count). The molecular formula is C31H58O4. The van der Waals surface area contributed by atoms with Crippen LogP contribution in [0.2, 0.25) is 0 Å². The lowest BCUT2D eigenvalue weighted by molar-refractivity contribution is -0.150. The van der Waals surface area contributed by atoms with E-state index in [1.54, 1.807) is 0 Å². The predicted octanol–water partition coefficient (Wildman–Crippen LogP) is 9.94. The topological polar surface area (TPSA) is 63.6 Å². The molecule has 0 radical (unpaired) electrons. The minimum atomic E-state index is -0.733. The fourth-order valence-corrected chi connectivity index (χ4v) is 4.52. The predicted molar refractivity (Wildman–Crippen MR) is 149 cm³/mol. The Morgan fingerprint density at radius 2 is 1.09 bits per heavy atom. The molecule has 0 aliphatic rings. The summed E-state index contributed by atoms with van der Waals surface area (Å²) >= 11 is 0. The Morgan fingerprint density at radius 1 is 0.600 bits per heavy atom. The van der Waals surface area contributed by atoms with Gasteiger partial charge >= 0.3 is 11.9 Å². The summed E-state index contributed by atoms with van der Waals surface area (Å²) in [4.78, 5) is 22.7. The maximum atomic E-state index is 12.2. The summed E-state index contributed by atoms with van der Waals surface area (Å²) in [5, 5.41) is 8.70. The number of carbonyl (C=O) groups is 2. The lowest BCUT2D eigenvalue weighted by Crippen LogP contribution is -2.18. The first-order chi connectivity index (χ1) is 17.1. The molecule has 0 spiro atoms. The van der Waals surface area contributed by atoms with Gasteiger partial charge in [0.05, 0.1) is 0 Å². The van der Waals surface area contributed by atoms with E-state index >= 15 is 0 Å². The summed E-state index contributed by atoms with van der Waals surface area (Å²) in [7, 11) is 0. The van der Waals surface area contributed by atoms with Crippen molar-refractivity contribution in [2.75, 3.05) is 0 Å². The molecule has 0 amide bonds. The number of carboxylic acid groups (broad SMARTS) is 1. The van der Waals surface area contributed by atoms with E-state index in [2.05, 4.69) is 26.0 Å². The van der Waals surface area contributed by atoms with Gasteiger partial charge < -0.3 is 9.84 Å². The van der Waals surface area contributed by atoms with Crippen molar-refractivity contribution in [1.82, 2.24) is 0 Å². The number of hydrogen-bond acceptors (Lipinski definition) is 3. The number of carbonyl (C=O) groups excluding carboxylic acids is 1. The quantitative estimate of drug-likeness (QED) is 0.0701. The molecule has 0 saturated heterocycles. The van der Waals surface area contributed by atoms with Gasteiger partial charge in [0.2, 0.25) is 0 Å². The number of allylic oxidation sites excluding steroid dienone is 2. The van der Waals surface area contributed by atoms with Crippen LogP contribution < -0.4 is 0 Å². The molecule has 0 fully saturated rings. The van der Waals surface area contributed by atoms with Gasteiger partial charge in [-0.2, -0.15) is 0 Å². The zero-order chi connectivity index (χ0) is 25.8. The van der Waals surface area contributed by atoms with Crippen molar-refractivity contribution in [2.45, 2.75) is 174 Å². The van der Waals surface area contributed by atoms with Crippen LogP contribution in [-0.4, -0.2) is 23.1 Å². The number of ether oxygens (including phenoxy) is 1. The minimum absolute atomic E-state index is 0.00178. The van der Waals surface area contributed by atoms with Gasteiger partial charge in [-0.15, -0.1) is 0 Å². The molecular weight excluding hydrogens is 436 g/mol. The van der Waals surface area contributed by atoms with Gasteiger partial charge in [0.25, 0.3) is 0 Å². The Balaban J connectivity index is 3.50. The van der Waals surface area contributed by atoms with Crippen molar-refractivity contribution >= 4 is 11.9 Å². The summed E-state index contributed by atoms with van der Waals surface area (Å²) in [5.74, 6) is -0.791. The molecule has 0 aliphatic carbocycles. The zero-order valence-electron chi connectivity index (χ0n) is 23.4. The van der Waals surface area contributed by atoms with Gasteiger partial charge in [-0.05, 0) is 57.8 Å². The first-order valence-electron chi connectivity index (χ1n) is 15.2. The Kier molecular flexibility index (Phi) is 26.2. The van der Waals surface area contributed by atoms with Crippen molar-refractivity contribution in [1.29, 1.82) is 0 Å². The molecule has 0 saturated carbocycles. The van der Waals surface area contributed by atoms with E-state index in [1.165, 1.54) is 89.9 Å². The van der Waals surface area contributed by atoms with E-state index in [4.69, 9.17) is 9.84 Å². The Morgan fingerprint density at radius 3 is 1.63 bits per heavy atom. The Labute approximate surface area is 217 Å². The molecule has 0 aromatic rings. The molecule has 35 heavy (non-hydrogen) atoms. The summed E-state index contributed by atoms with van der Waals surface area (Å²) in [5.41, 5.74) is 0. The Hall–Kier alpha value is -1.32. The maximum Gasteiger partial charge on any atom is 0.306 e. The Bertz CT molecular complexity index is 500. The van der Waals surface area contributed by atoms with Crippen molar-refractivity contribution < 1.29 is 19.4 Å². The monoisotopic (exact) mass is 494 g/mol. The molecule has 4 heteroatoms. The number of aliphatic carboxylic acids is 1. The second kappa shape index (κ2) is 27.3. The summed E-state index contributed by atoms with van der Waals surface area (Å²) in [6, 6.07) is 0. The molecule has 4 nitrogen and oxygen atoms in total. The number of hydrogen-bond donors (Lipinski definition) is 1. The molecule has 0 heterocycles. The first kappa shape index (κ1) is 33.7. The average molecular weight is 495 g/mol. The van der Waals surface area contributed by atoms with Crippen LogP contribution in [0, 0.1) is 0 Å². The largest absolute Gasteiger partial charge is 0.481 e. The van der Waals surface area contributed by atoms with Crippen LogP contribution in [0.15, 0.2) is 12.2 Å². The maximum absolute atomic E-state index is 12.2. The van der Waals surface area contributed by atoms with Gasteiger partial charge in [0.1, 0.15) is 6.10 Å². The molecule has 0 aliphatic heterocycles. The first-order valence-corrected chi connectivity index (χ1v) is 15.2. The highest BCUT2D eigenvalue weighted by Gasteiger charge is 2.13. The average Bonchev–Trinajstić information content (AvgIpc) is 2.83. The standard InChI is InChI=1S/C31H58O4/c1-3-5-6-7-8-9-10-11-12-13-14-15-16-17-18-19-20-24-28-31(34)35-29(25-4-2)26-22-21-23-27-30(32)33/h12-13,29H,3-11,14-28H2,1-2H3,(H,32,33)/b13-12-. The van der Waals surface area contributed by atoms with E-state index < -0.39 is 5.97 Å². The normalized spacial score (nSPS) is 12.3. The smallest absolute Gasteiger partial charge is 0.306 e. The van der Waals surface area contributed by atoms with E-state index in [0.717, 1.165) is 44.9 Å². The van der Waals surface area contributed by atoms with Gasteiger partial charge in [0, 0.05) is 12.8 Å². The van der Waals surface area contributed by atoms with Crippen molar-refractivity contribution in [3.05, 3.63) is 12.2 Å². The van der Waals surface area contributed by atoms with Crippen molar-refractivity contribution in [3.63, 3.8) is 0 Å². The number of rotatable bonds is 27. The van der Waals surface area contributed by atoms with Crippen LogP contribution in [-0.2, 0) is 14.3 Å². The van der Waals surface area contributed by atoms with Crippen molar-refractivity contribution in [2.24, 2.45) is 0 Å². The SMILES string of the molecule is CCCCCCCCC/C=C\CCCCCCCCCC(=O)OC(CCC)CCCCCC(=O)O.